The quantitative estimate of drug-likeness (QED) is 0.843. The number of nitrogens with zero attached hydrogens (tertiary/aromatic N) is 1. The van der Waals surface area contributed by atoms with Crippen molar-refractivity contribution in [2.45, 2.75) is 33.4 Å². The van der Waals surface area contributed by atoms with Crippen molar-refractivity contribution in [3.63, 3.8) is 0 Å². The predicted octanol–water partition coefficient (Wildman–Crippen LogP) is 2.37. The molecule has 2 rings (SSSR count). The fraction of sp³-hybridized carbons (Fsp3) is 0.375. The maximum atomic E-state index is 12.3. The number of aryl methyl sites for hydroxylation is 2. The van der Waals surface area contributed by atoms with Crippen LogP contribution in [-0.2, 0) is 6.61 Å². The van der Waals surface area contributed by atoms with Crippen LogP contribution in [-0.4, -0.2) is 23.7 Å². The SMILES string of the molecule is Cc1noc(C)c1COc1ccccc1C(=O)N[C@@H](C)CN.Cl. The number of hydrogen-bond donors (Lipinski definition) is 2. The molecule has 126 valence electrons. The largest absolute Gasteiger partial charge is 0.488 e. The summed E-state index contributed by atoms with van der Waals surface area (Å²) in [5.41, 5.74) is 7.69. The lowest BCUT2D eigenvalue weighted by atomic mass is 10.1. The summed E-state index contributed by atoms with van der Waals surface area (Å²) in [6.07, 6.45) is 0. The fourth-order valence-electron chi connectivity index (χ4n) is 2.00. The van der Waals surface area contributed by atoms with E-state index in [1.807, 2.05) is 26.8 Å². The Bertz CT molecular complexity index is 638. The third kappa shape index (κ3) is 4.71. The summed E-state index contributed by atoms with van der Waals surface area (Å²) in [6.45, 7) is 6.23. The highest BCUT2D eigenvalue weighted by atomic mass is 35.5. The number of nitrogens with two attached hydrogens (primary N) is 1. The molecule has 23 heavy (non-hydrogen) atoms. The van der Waals surface area contributed by atoms with Crippen LogP contribution in [0.4, 0.5) is 0 Å². The molecule has 6 nitrogen and oxygen atoms in total. The molecule has 0 unspecified atom stereocenters. The molecule has 0 aliphatic carbocycles. The summed E-state index contributed by atoms with van der Waals surface area (Å²) < 4.78 is 10.9. The van der Waals surface area contributed by atoms with E-state index in [1.54, 1.807) is 18.2 Å². The lowest BCUT2D eigenvalue weighted by Crippen LogP contribution is -2.37. The van der Waals surface area contributed by atoms with Gasteiger partial charge in [-0.25, -0.2) is 0 Å². The number of hydrogen-bond acceptors (Lipinski definition) is 5. The van der Waals surface area contributed by atoms with Crippen LogP contribution in [0.5, 0.6) is 5.75 Å². The maximum absolute atomic E-state index is 12.3. The van der Waals surface area contributed by atoms with Gasteiger partial charge in [-0.15, -0.1) is 12.4 Å². The molecule has 2 aromatic rings. The van der Waals surface area contributed by atoms with Gasteiger partial charge in [0.25, 0.3) is 5.91 Å². The van der Waals surface area contributed by atoms with Crippen LogP contribution in [0.2, 0.25) is 0 Å². The molecule has 1 heterocycles. The first-order valence-corrected chi connectivity index (χ1v) is 7.17. The summed E-state index contributed by atoms with van der Waals surface area (Å²) in [5, 5.41) is 6.72. The van der Waals surface area contributed by atoms with E-state index in [0.717, 1.165) is 17.0 Å². The van der Waals surface area contributed by atoms with Crippen LogP contribution < -0.4 is 15.8 Å². The Morgan fingerprint density at radius 3 is 2.70 bits per heavy atom. The highest BCUT2D eigenvalue weighted by Gasteiger charge is 2.15. The Kier molecular flexibility index (Phi) is 7.06. The molecule has 0 saturated heterocycles. The van der Waals surface area contributed by atoms with Crippen molar-refractivity contribution < 1.29 is 14.1 Å². The normalized spacial score (nSPS) is 11.5. The topological polar surface area (TPSA) is 90.4 Å². The molecule has 1 aromatic heterocycles. The molecule has 1 amide bonds. The van der Waals surface area contributed by atoms with E-state index in [1.165, 1.54) is 0 Å². The van der Waals surface area contributed by atoms with Crippen molar-refractivity contribution >= 4 is 18.3 Å². The van der Waals surface area contributed by atoms with Gasteiger partial charge in [-0.05, 0) is 32.9 Å². The summed E-state index contributed by atoms with van der Waals surface area (Å²) >= 11 is 0. The third-order valence-corrected chi connectivity index (χ3v) is 3.42. The molecular formula is C16H22ClN3O3. The first-order chi connectivity index (χ1) is 10.5. The van der Waals surface area contributed by atoms with Gasteiger partial charge in [-0.2, -0.15) is 0 Å². The number of halogens is 1. The minimum absolute atomic E-state index is 0. The highest BCUT2D eigenvalue weighted by Crippen LogP contribution is 2.21. The van der Waals surface area contributed by atoms with Crippen molar-refractivity contribution in [1.29, 1.82) is 0 Å². The first kappa shape index (κ1) is 19.0. The number of rotatable bonds is 6. The zero-order valence-corrected chi connectivity index (χ0v) is 14.3. The van der Waals surface area contributed by atoms with Gasteiger partial charge < -0.3 is 20.3 Å². The van der Waals surface area contributed by atoms with Gasteiger partial charge >= 0.3 is 0 Å². The maximum Gasteiger partial charge on any atom is 0.255 e. The van der Waals surface area contributed by atoms with Crippen molar-refractivity contribution in [3.05, 3.63) is 46.8 Å². The van der Waals surface area contributed by atoms with E-state index in [9.17, 15) is 4.79 Å². The summed E-state index contributed by atoms with van der Waals surface area (Å²) in [6, 6.07) is 7.01. The van der Waals surface area contributed by atoms with Crippen molar-refractivity contribution in [1.82, 2.24) is 10.5 Å². The van der Waals surface area contributed by atoms with Gasteiger partial charge in [0.2, 0.25) is 0 Å². The minimum Gasteiger partial charge on any atom is -0.488 e. The lowest BCUT2D eigenvalue weighted by Gasteiger charge is -2.14. The van der Waals surface area contributed by atoms with Crippen LogP contribution >= 0.6 is 12.4 Å². The number of carbonyl (C=O) groups is 1. The van der Waals surface area contributed by atoms with Crippen LogP contribution in [0.25, 0.3) is 0 Å². The van der Waals surface area contributed by atoms with Gasteiger partial charge in [-0.1, -0.05) is 17.3 Å². The Morgan fingerprint density at radius 1 is 1.39 bits per heavy atom. The van der Waals surface area contributed by atoms with Gasteiger partial charge in [-0.3, -0.25) is 4.79 Å². The molecule has 1 aromatic carbocycles. The standard InChI is InChI=1S/C16H21N3O3.ClH/c1-10(8-17)18-16(20)13-6-4-5-7-15(13)21-9-14-11(2)19-22-12(14)3;/h4-7,10H,8-9,17H2,1-3H3,(H,18,20);1H/t10-;/m0./s1. The number of benzene rings is 1. The smallest absolute Gasteiger partial charge is 0.255 e. The predicted molar refractivity (Wildman–Crippen MR) is 90.0 cm³/mol. The van der Waals surface area contributed by atoms with Gasteiger partial charge in [0.1, 0.15) is 18.1 Å². The molecule has 0 radical (unpaired) electrons. The monoisotopic (exact) mass is 339 g/mol. The van der Waals surface area contributed by atoms with Crippen LogP contribution in [0.3, 0.4) is 0 Å². The number of amides is 1. The molecule has 7 heteroatoms. The summed E-state index contributed by atoms with van der Waals surface area (Å²) in [5.74, 6) is 1.03. The zero-order valence-electron chi connectivity index (χ0n) is 13.5. The molecule has 0 bridgehead atoms. The summed E-state index contributed by atoms with van der Waals surface area (Å²) in [7, 11) is 0. The second-order valence-corrected chi connectivity index (χ2v) is 5.20. The Morgan fingerprint density at radius 2 is 2.09 bits per heavy atom. The molecule has 0 saturated carbocycles. The highest BCUT2D eigenvalue weighted by molar-refractivity contribution is 5.97. The van der Waals surface area contributed by atoms with Crippen LogP contribution in [0, 0.1) is 13.8 Å². The third-order valence-electron chi connectivity index (χ3n) is 3.42. The second kappa shape index (κ2) is 8.55. The molecule has 3 N–H and O–H groups in total. The number of nitrogens with one attached hydrogen (secondary N) is 1. The van der Waals surface area contributed by atoms with Crippen molar-refractivity contribution in [2.24, 2.45) is 5.73 Å². The van der Waals surface area contributed by atoms with Crippen molar-refractivity contribution in [2.75, 3.05) is 6.54 Å². The average molecular weight is 340 g/mol. The number of carbonyl (C=O) groups excluding carboxylic acids is 1. The number of ether oxygens (including phenoxy) is 1. The minimum atomic E-state index is -0.202. The van der Waals surface area contributed by atoms with Crippen LogP contribution in [0.1, 0.15) is 34.3 Å². The average Bonchev–Trinajstić information content (AvgIpc) is 2.84. The van der Waals surface area contributed by atoms with Crippen LogP contribution in [0.15, 0.2) is 28.8 Å². The Hall–Kier alpha value is -2.05. The molecule has 1 atom stereocenters. The molecule has 0 aliphatic heterocycles. The second-order valence-electron chi connectivity index (χ2n) is 5.20. The molecular weight excluding hydrogens is 318 g/mol. The molecule has 0 fully saturated rings. The van der Waals surface area contributed by atoms with E-state index >= 15 is 0 Å². The zero-order chi connectivity index (χ0) is 16.1. The fourth-order valence-corrected chi connectivity index (χ4v) is 2.00. The Labute approximate surface area is 141 Å². The van der Waals surface area contributed by atoms with Gasteiger partial charge in [0.05, 0.1) is 16.8 Å². The van der Waals surface area contributed by atoms with Gasteiger partial charge in [0.15, 0.2) is 0 Å². The Balaban J connectivity index is 0.00000264. The van der Waals surface area contributed by atoms with E-state index in [2.05, 4.69) is 10.5 Å². The van der Waals surface area contributed by atoms with E-state index < -0.39 is 0 Å². The number of aromatic nitrogens is 1. The van der Waals surface area contributed by atoms with E-state index in [-0.39, 0.29) is 24.4 Å². The van der Waals surface area contributed by atoms with E-state index in [4.69, 9.17) is 15.0 Å². The van der Waals surface area contributed by atoms with Gasteiger partial charge in [0, 0.05) is 12.6 Å². The molecule has 0 spiro atoms. The number of para-hydroxylation sites is 1. The van der Waals surface area contributed by atoms with Crippen molar-refractivity contribution in [3.8, 4) is 5.75 Å². The first-order valence-electron chi connectivity index (χ1n) is 7.17. The summed E-state index contributed by atoms with van der Waals surface area (Å²) in [4.78, 5) is 12.3. The lowest BCUT2D eigenvalue weighted by molar-refractivity contribution is 0.0936. The van der Waals surface area contributed by atoms with E-state index in [0.29, 0.717) is 24.5 Å². The molecule has 0 aliphatic rings.